The molecule has 0 aliphatic heterocycles. The van der Waals surface area contributed by atoms with Crippen LogP contribution in [0.25, 0.3) is 0 Å². The van der Waals surface area contributed by atoms with Gasteiger partial charge in [0.25, 0.3) is 0 Å². The molecule has 6 heteroatoms. The normalized spacial score (nSPS) is 12.7. The molecule has 0 spiro atoms. The van der Waals surface area contributed by atoms with E-state index in [1.54, 1.807) is 0 Å². The Bertz CT molecular complexity index is 1290. The number of carbonyl (C=O) groups is 3. The Hall–Kier alpha value is -3.41. The summed E-state index contributed by atoms with van der Waals surface area (Å²) in [6, 6.07) is 0. The van der Waals surface area contributed by atoms with Gasteiger partial charge in [-0.1, -0.05) is 221 Å². The molecule has 0 aromatic rings. The van der Waals surface area contributed by atoms with Gasteiger partial charge in [-0.15, -0.1) is 0 Å². The zero-order chi connectivity index (χ0) is 47.9. The van der Waals surface area contributed by atoms with Crippen molar-refractivity contribution in [3.8, 4) is 0 Å². The number of unbranched alkanes of at least 4 members (excludes halogenated alkanes) is 26. The first-order valence-corrected chi connectivity index (χ1v) is 27.6. The Balaban J connectivity index is 4.52. The van der Waals surface area contributed by atoms with Gasteiger partial charge in [-0.25, -0.2) is 0 Å². The number of allylic oxidation sites excluding steroid dienone is 14. The van der Waals surface area contributed by atoms with Crippen molar-refractivity contribution in [2.45, 2.75) is 264 Å². The lowest BCUT2D eigenvalue weighted by Gasteiger charge is -2.18. The van der Waals surface area contributed by atoms with Crippen molar-refractivity contribution >= 4 is 17.9 Å². The molecule has 0 N–H and O–H groups in total. The van der Waals surface area contributed by atoms with Gasteiger partial charge < -0.3 is 14.2 Å². The van der Waals surface area contributed by atoms with E-state index < -0.39 is 6.10 Å². The molecule has 0 rings (SSSR count). The molecule has 0 aromatic carbocycles. The predicted octanol–water partition coefficient (Wildman–Crippen LogP) is 18.4. The molecule has 0 bridgehead atoms. The molecule has 66 heavy (non-hydrogen) atoms. The topological polar surface area (TPSA) is 78.9 Å². The van der Waals surface area contributed by atoms with Crippen molar-refractivity contribution in [3.63, 3.8) is 0 Å². The Morgan fingerprint density at radius 1 is 0.318 bits per heavy atom. The van der Waals surface area contributed by atoms with Crippen molar-refractivity contribution in [3.05, 3.63) is 85.1 Å². The fourth-order valence-electron chi connectivity index (χ4n) is 7.45. The van der Waals surface area contributed by atoms with Gasteiger partial charge >= 0.3 is 17.9 Å². The standard InChI is InChI=1S/C60H102O6/c1-4-7-10-13-16-19-22-25-27-29-31-32-35-38-41-44-47-50-53-59(62)65-56-57(55-64-58(61)52-49-46-43-40-37-34-24-21-18-15-12-9-6-3)66-60(63)54-51-48-45-42-39-36-33-30-28-26-23-20-17-14-11-8-5-2/h22,25-29,31-34,36-37,42,45,57H,4-21,23-24,30,35,38-41,43-44,46-56H2,1-3H3/b25-22-,28-26-,29-27-,32-31-,36-33-,37-34-,45-42-. The van der Waals surface area contributed by atoms with Crippen molar-refractivity contribution in [2.24, 2.45) is 0 Å². The second-order valence-corrected chi connectivity index (χ2v) is 18.2. The van der Waals surface area contributed by atoms with E-state index in [0.717, 1.165) is 96.3 Å². The van der Waals surface area contributed by atoms with Crippen LogP contribution >= 0.6 is 0 Å². The molecular formula is C60H102O6. The van der Waals surface area contributed by atoms with Crippen molar-refractivity contribution in [2.75, 3.05) is 13.2 Å². The minimum absolute atomic E-state index is 0.111. The lowest BCUT2D eigenvalue weighted by atomic mass is 10.1. The minimum Gasteiger partial charge on any atom is -0.462 e. The molecule has 0 fully saturated rings. The maximum atomic E-state index is 12.8. The van der Waals surface area contributed by atoms with Gasteiger partial charge in [0.1, 0.15) is 13.2 Å². The monoisotopic (exact) mass is 919 g/mol. The van der Waals surface area contributed by atoms with Crippen LogP contribution in [0.5, 0.6) is 0 Å². The second-order valence-electron chi connectivity index (χ2n) is 18.2. The van der Waals surface area contributed by atoms with Gasteiger partial charge in [-0.2, -0.15) is 0 Å². The van der Waals surface area contributed by atoms with Gasteiger partial charge in [-0.3, -0.25) is 14.4 Å². The molecular weight excluding hydrogens is 817 g/mol. The molecule has 0 amide bonds. The third-order valence-corrected chi connectivity index (χ3v) is 11.7. The minimum atomic E-state index is -0.818. The van der Waals surface area contributed by atoms with Crippen LogP contribution in [0.3, 0.4) is 0 Å². The molecule has 378 valence electrons. The van der Waals surface area contributed by atoms with E-state index in [2.05, 4.69) is 106 Å². The first-order chi connectivity index (χ1) is 32.5. The summed E-state index contributed by atoms with van der Waals surface area (Å²) in [5, 5.41) is 0. The highest BCUT2D eigenvalue weighted by molar-refractivity contribution is 5.71. The average molecular weight is 919 g/mol. The quantitative estimate of drug-likeness (QED) is 0.0199. The van der Waals surface area contributed by atoms with Gasteiger partial charge in [-0.05, 0) is 103 Å². The van der Waals surface area contributed by atoms with Crippen molar-refractivity contribution in [1.82, 2.24) is 0 Å². The first kappa shape index (κ1) is 62.6. The van der Waals surface area contributed by atoms with Crippen LogP contribution < -0.4 is 0 Å². The van der Waals surface area contributed by atoms with Crippen LogP contribution in [0.15, 0.2) is 85.1 Å². The third-order valence-electron chi connectivity index (χ3n) is 11.7. The summed E-state index contributed by atoms with van der Waals surface area (Å²) < 4.78 is 16.8. The van der Waals surface area contributed by atoms with E-state index >= 15 is 0 Å². The number of esters is 3. The Kier molecular flexibility index (Phi) is 51.4. The summed E-state index contributed by atoms with van der Waals surface area (Å²) in [6.45, 7) is 6.54. The summed E-state index contributed by atoms with van der Waals surface area (Å²) in [6.07, 6.45) is 70.0. The molecule has 0 saturated heterocycles. The summed E-state index contributed by atoms with van der Waals surface area (Å²) >= 11 is 0. The molecule has 0 aliphatic carbocycles. The third kappa shape index (κ3) is 51.6. The molecule has 0 aromatic heterocycles. The summed E-state index contributed by atoms with van der Waals surface area (Å²) in [5.41, 5.74) is 0. The number of hydrogen-bond donors (Lipinski definition) is 0. The van der Waals surface area contributed by atoms with Gasteiger partial charge in [0.2, 0.25) is 0 Å². The van der Waals surface area contributed by atoms with E-state index in [1.807, 2.05) is 0 Å². The smallest absolute Gasteiger partial charge is 0.306 e. The van der Waals surface area contributed by atoms with E-state index in [-0.39, 0.29) is 37.5 Å². The fraction of sp³-hybridized carbons (Fsp3) is 0.717. The number of ether oxygens (including phenoxy) is 3. The van der Waals surface area contributed by atoms with Crippen molar-refractivity contribution in [1.29, 1.82) is 0 Å². The van der Waals surface area contributed by atoms with Crippen molar-refractivity contribution < 1.29 is 28.6 Å². The molecule has 1 unspecified atom stereocenters. The van der Waals surface area contributed by atoms with Crippen LogP contribution in [0, 0.1) is 0 Å². The summed E-state index contributed by atoms with van der Waals surface area (Å²) in [4.78, 5) is 38.0. The predicted molar refractivity (Wildman–Crippen MR) is 284 cm³/mol. The van der Waals surface area contributed by atoms with Crippen LogP contribution in [-0.2, 0) is 28.6 Å². The highest BCUT2D eigenvalue weighted by Gasteiger charge is 2.19. The second kappa shape index (κ2) is 54.2. The fourth-order valence-corrected chi connectivity index (χ4v) is 7.45. The zero-order valence-electron chi connectivity index (χ0n) is 43.2. The lowest BCUT2D eigenvalue weighted by molar-refractivity contribution is -0.167. The van der Waals surface area contributed by atoms with Crippen LogP contribution in [0.1, 0.15) is 258 Å². The highest BCUT2D eigenvalue weighted by Crippen LogP contribution is 2.13. The molecule has 0 saturated carbocycles. The van der Waals surface area contributed by atoms with Crippen LogP contribution in [0.2, 0.25) is 0 Å². The summed E-state index contributed by atoms with van der Waals surface area (Å²) in [7, 11) is 0. The summed E-state index contributed by atoms with van der Waals surface area (Å²) in [5.74, 6) is -0.997. The maximum absolute atomic E-state index is 12.8. The highest BCUT2D eigenvalue weighted by atomic mass is 16.6. The number of hydrogen-bond acceptors (Lipinski definition) is 6. The van der Waals surface area contributed by atoms with E-state index in [0.29, 0.717) is 19.3 Å². The SMILES string of the molecule is CCCCCCC\C=C/C=C\C=C/CCCCCCCC(=O)OCC(COC(=O)CCCCC/C=C\CCCCCCCC)OC(=O)CCC/C=C\C/C=C\C/C=C\CCCCCCCC. The van der Waals surface area contributed by atoms with E-state index in [9.17, 15) is 14.4 Å². The van der Waals surface area contributed by atoms with Gasteiger partial charge in [0, 0.05) is 19.3 Å². The Morgan fingerprint density at radius 2 is 0.621 bits per heavy atom. The Labute approximate surface area is 407 Å². The first-order valence-electron chi connectivity index (χ1n) is 27.6. The molecule has 0 radical (unpaired) electrons. The van der Waals surface area contributed by atoms with Gasteiger partial charge in [0.05, 0.1) is 0 Å². The van der Waals surface area contributed by atoms with Crippen LogP contribution in [-0.4, -0.2) is 37.2 Å². The van der Waals surface area contributed by atoms with Gasteiger partial charge in [0.15, 0.2) is 6.10 Å². The molecule has 1 atom stereocenters. The molecule has 6 nitrogen and oxygen atoms in total. The molecule has 0 aliphatic rings. The molecule has 0 heterocycles. The number of carbonyl (C=O) groups excluding carboxylic acids is 3. The zero-order valence-corrected chi connectivity index (χ0v) is 43.2. The Morgan fingerprint density at radius 3 is 1.05 bits per heavy atom. The van der Waals surface area contributed by atoms with E-state index in [1.165, 1.54) is 116 Å². The maximum Gasteiger partial charge on any atom is 0.306 e. The average Bonchev–Trinajstić information content (AvgIpc) is 3.31. The van der Waals surface area contributed by atoms with E-state index in [4.69, 9.17) is 14.2 Å². The number of rotatable bonds is 49. The largest absolute Gasteiger partial charge is 0.462 e. The lowest BCUT2D eigenvalue weighted by Crippen LogP contribution is -2.30. The van der Waals surface area contributed by atoms with Crippen LogP contribution in [0.4, 0.5) is 0 Å².